The molecule has 0 spiro atoms. The summed E-state index contributed by atoms with van der Waals surface area (Å²) in [7, 11) is -8.65. The van der Waals surface area contributed by atoms with Crippen LogP contribution in [0.1, 0.15) is 0 Å². The van der Waals surface area contributed by atoms with E-state index in [1.165, 1.54) is 7.11 Å². The standard InChI is InChI=1S/C17H13ClN2O9S2.Cr/c1-29-14-7-12(13(21)6-11(14)18)19-20-16-15(31(26,27)28)5-8-4-9(30(23,24)25)2-3-10(8)17(16)22;/h2-7,21-22H,1H3,(H,23,24,25)(H,26,27,28);/q;+3/p-3. The zero-order chi connectivity index (χ0) is 23.1. The van der Waals surface area contributed by atoms with Crippen LogP contribution in [0.4, 0.5) is 11.4 Å². The molecular weight excluding hydrogens is 528 g/mol. The van der Waals surface area contributed by atoms with Crippen molar-refractivity contribution in [1.29, 1.82) is 0 Å². The number of hydrogen-bond donors (Lipinski definition) is 1. The molecule has 11 nitrogen and oxygen atoms in total. The van der Waals surface area contributed by atoms with E-state index in [0.29, 0.717) is 0 Å². The van der Waals surface area contributed by atoms with Crippen LogP contribution in [0.3, 0.4) is 0 Å². The van der Waals surface area contributed by atoms with Gasteiger partial charge >= 0.3 is 17.4 Å². The van der Waals surface area contributed by atoms with E-state index >= 15 is 0 Å². The Morgan fingerprint density at radius 3 is 2.25 bits per heavy atom. The van der Waals surface area contributed by atoms with Crippen molar-refractivity contribution in [2.75, 3.05) is 7.11 Å². The second kappa shape index (κ2) is 9.20. The summed E-state index contributed by atoms with van der Waals surface area (Å²) in [6, 6.07) is 5.48. The first-order chi connectivity index (χ1) is 14.3. The van der Waals surface area contributed by atoms with Crippen molar-refractivity contribution in [3.05, 3.63) is 41.4 Å². The molecule has 0 saturated carbocycles. The minimum absolute atomic E-state index is 0. The van der Waals surface area contributed by atoms with Gasteiger partial charge < -0.3 is 19.5 Å². The van der Waals surface area contributed by atoms with Gasteiger partial charge in [-0.3, -0.25) is 4.55 Å². The van der Waals surface area contributed by atoms with Crippen LogP contribution in [0.25, 0.3) is 10.8 Å². The van der Waals surface area contributed by atoms with E-state index in [2.05, 4.69) is 10.2 Å². The molecule has 3 aromatic carbocycles. The monoisotopic (exact) mass is 537 g/mol. The van der Waals surface area contributed by atoms with Gasteiger partial charge in [0.25, 0.3) is 10.1 Å². The van der Waals surface area contributed by atoms with Crippen molar-refractivity contribution in [3.63, 3.8) is 0 Å². The molecule has 3 aromatic rings. The molecule has 0 fully saturated rings. The fourth-order valence-corrected chi connectivity index (χ4v) is 4.02. The molecule has 0 aromatic heterocycles. The van der Waals surface area contributed by atoms with Crippen LogP contribution in [-0.4, -0.2) is 33.1 Å². The molecule has 32 heavy (non-hydrogen) atoms. The number of nitrogens with zero attached hydrogens (tertiary/aromatic N) is 2. The SMILES string of the molecule is COc1cc(N=Nc2c(S(=O)(=O)O)cc3cc(S(=O)(=O)[O-])ccc3c2[O-])c([O-])cc1Cl.[Cr+3]. The van der Waals surface area contributed by atoms with Gasteiger partial charge in [-0.15, -0.1) is 5.11 Å². The molecule has 0 unspecified atom stereocenters. The number of hydrogen-bond acceptors (Lipinski definition) is 10. The van der Waals surface area contributed by atoms with Crippen molar-refractivity contribution in [1.82, 2.24) is 0 Å². The number of azo groups is 1. The predicted molar refractivity (Wildman–Crippen MR) is 103 cm³/mol. The summed E-state index contributed by atoms with van der Waals surface area (Å²) in [5.74, 6) is -1.68. The van der Waals surface area contributed by atoms with E-state index in [0.717, 1.165) is 36.4 Å². The van der Waals surface area contributed by atoms with Crippen LogP contribution >= 0.6 is 11.6 Å². The Bertz CT molecular complexity index is 1460. The normalized spacial score (nSPS) is 12.1. The maximum absolute atomic E-state index is 12.8. The molecular formula is C17H10ClCrN2O9S2. The molecule has 1 radical (unpaired) electrons. The number of fused-ring (bicyclic) bond motifs is 1. The van der Waals surface area contributed by atoms with Gasteiger partial charge in [0.1, 0.15) is 20.8 Å². The van der Waals surface area contributed by atoms with Crippen molar-refractivity contribution < 1.29 is 58.3 Å². The predicted octanol–water partition coefficient (Wildman–Crippen LogP) is 2.21. The molecule has 167 valence electrons. The molecule has 0 aliphatic heterocycles. The van der Waals surface area contributed by atoms with Gasteiger partial charge in [-0.2, -0.15) is 13.5 Å². The van der Waals surface area contributed by atoms with Gasteiger partial charge in [-0.25, -0.2) is 8.42 Å². The van der Waals surface area contributed by atoms with Crippen LogP contribution in [0.5, 0.6) is 17.2 Å². The summed E-state index contributed by atoms with van der Waals surface area (Å²) in [6.07, 6.45) is 0. The minimum atomic E-state index is -5.04. The number of halogens is 1. The van der Waals surface area contributed by atoms with Crippen LogP contribution in [-0.2, 0) is 37.6 Å². The summed E-state index contributed by atoms with van der Waals surface area (Å²) in [5, 5.41) is 31.4. The molecule has 0 amide bonds. The smallest absolute Gasteiger partial charge is 0.871 e. The van der Waals surface area contributed by atoms with Crippen molar-refractivity contribution in [3.8, 4) is 17.2 Å². The van der Waals surface area contributed by atoms with E-state index in [-0.39, 0.29) is 44.6 Å². The van der Waals surface area contributed by atoms with Gasteiger partial charge in [-0.05, 0) is 35.0 Å². The second-order valence-electron chi connectivity index (χ2n) is 6.02. The number of rotatable bonds is 5. The van der Waals surface area contributed by atoms with E-state index in [4.69, 9.17) is 16.3 Å². The first kappa shape index (κ1) is 25.8. The van der Waals surface area contributed by atoms with Crippen LogP contribution in [0.2, 0.25) is 5.02 Å². The summed E-state index contributed by atoms with van der Waals surface area (Å²) in [6.45, 7) is 0. The van der Waals surface area contributed by atoms with Gasteiger partial charge in [0, 0.05) is 6.07 Å². The Hall–Kier alpha value is -2.44. The Morgan fingerprint density at radius 1 is 1.03 bits per heavy atom. The third kappa shape index (κ3) is 5.13. The first-order valence-electron chi connectivity index (χ1n) is 8.00. The van der Waals surface area contributed by atoms with Gasteiger partial charge in [0.15, 0.2) is 0 Å². The molecule has 3 rings (SSSR count). The zero-order valence-electron chi connectivity index (χ0n) is 15.7. The van der Waals surface area contributed by atoms with Crippen molar-refractivity contribution in [2.24, 2.45) is 10.2 Å². The van der Waals surface area contributed by atoms with E-state index < -0.39 is 47.2 Å². The molecule has 0 saturated heterocycles. The molecule has 0 aliphatic carbocycles. The summed E-state index contributed by atoms with van der Waals surface area (Å²) >= 11 is 5.81. The van der Waals surface area contributed by atoms with E-state index in [1.54, 1.807) is 0 Å². The van der Waals surface area contributed by atoms with Crippen LogP contribution < -0.4 is 14.9 Å². The van der Waals surface area contributed by atoms with Crippen molar-refractivity contribution in [2.45, 2.75) is 9.79 Å². The molecule has 0 bridgehead atoms. The largest absolute Gasteiger partial charge is 3.00 e. The summed E-state index contributed by atoms with van der Waals surface area (Å²) < 4.78 is 71.6. The van der Waals surface area contributed by atoms with Gasteiger partial charge in [0.05, 0.1) is 28.4 Å². The molecule has 0 heterocycles. The Balaban J connectivity index is 0.00000363. The quantitative estimate of drug-likeness (QED) is 0.375. The number of benzene rings is 3. The minimum Gasteiger partial charge on any atom is -0.871 e. The Kier molecular flexibility index (Phi) is 7.42. The zero-order valence-corrected chi connectivity index (χ0v) is 19.3. The molecule has 15 heteroatoms. The van der Waals surface area contributed by atoms with E-state index in [9.17, 15) is 36.2 Å². The van der Waals surface area contributed by atoms with Crippen LogP contribution in [0, 0.1) is 0 Å². The third-order valence-electron chi connectivity index (χ3n) is 4.06. The third-order valence-corrected chi connectivity index (χ3v) is 6.05. The van der Waals surface area contributed by atoms with Gasteiger partial charge in [0.2, 0.25) is 0 Å². The van der Waals surface area contributed by atoms with Crippen LogP contribution in [0.15, 0.2) is 56.4 Å². The Labute approximate surface area is 197 Å². The fraction of sp³-hybridized carbons (Fsp3) is 0.0588. The number of ether oxygens (including phenoxy) is 1. The number of methoxy groups -OCH3 is 1. The molecule has 1 N–H and O–H groups in total. The first-order valence-corrected chi connectivity index (χ1v) is 11.2. The average molecular weight is 538 g/mol. The topological polar surface area (TPSA) is 192 Å². The summed E-state index contributed by atoms with van der Waals surface area (Å²) in [5.41, 5.74) is -1.17. The van der Waals surface area contributed by atoms with Crippen molar-refractivity contribution >= 4 is 54.0 Å². The maximum Gasteiger partial charge on any atom is 3.00 e. The van der Waals surface area contributed by atoms with Gasteiger partial charge in [-0.1, -0.05) is 29.2 Å². The van der Waals surface area contributed by atoms with E-state index in [1.807, 2.05) is 0 Å². The fourth-order valence-electron chi connectivity index (χ4n) is 2.63. The maximum atomic E-state index is 12.8. The molecule has 0 aliphatic rings. The second-order valence-corrected chi connectivity index (χ2v) is 9.20. The Morgan fingerprint density at radius 2 is 1.69 bits per heavy atom. The average Bonchev–Trinajstić information content (AvgIpc) is 2.66. The summed E-state index contributed by atoms with van der Waals surface area (Å²) in [4.78, 5) is -1.71. The molecule has 0 atom stereocenters.